The highest BCUT2D eigenvalue weighted by atomic mass is 35.5. The van der Waals surface area contributed by atoms with Gasteiger partial charge in [-0.15, -0.1) is 0 Å². The van der Waals surface area contributed by atoms with Gasteiger partial charge in [0.15, 0.2) is 0 Å². The van der Waals surface area contributed by atoms with Crippen LogP contribution in [0, 0.1) is 0 Å². The third kappa shape index (κ3) is 3.14. The van der Waals surface area contributed by atoms with E-state index in [1.54, 1.807) is 0 Å². The van der Waals surface area contributed by atoms with Crippen LogP contribution < -0.4 is 10.6 Å². The minimum absolute atomic E-state index is 0.767. The second-order valence-electron chi connectivity index (χ2n) is 4.07. The zero-order chi connectivity index (χ0) is 12.3. The molecule has 0 aliphatic heterocycles. The van der Waals surface area contributed by atoms with Crippen molar-refractivity contribution in [2.75, 3.05) is 17.7 Å². The topological polar surface area (TPSA) is 29.3 Å². The lowest BCUT2D eigenvalue weighted by atomic mass is 10.2. The van der Waals surface area contributed by atoms with Crippen LogP contribution >= 0.6 is 11.6 Å². The fourth-order valence-electron chi connectivity index (χ4n) is 1.68. The molecule has 0 aliphatic carbocycles. The van der Waals surface area contributed by atoms with Crippen molar-refractivity contribution in [1.29, 1.82) is 0 Å². The number of rotatable bonds is 3. The van der Waals surface area contributed by atoms with Gasteiger partial charge in [0.1, 0.15) is 0 Å². The van der Waals surface area contributed by atoms with Crippen molar-refractivity contribution < 1.29 is 0 Å². The summed E-state index contributed by atoms with van der Waals surface area (Å²) >= 11 is 5.86. The van der Waals surface area contributed by atoms with Crippen molar-refractivity contribution in [2.45, 2.75) is 6.54 Å². The van der Waals surface area contributed by atoms with Gasteiger partial charge in [-0.05, 0) is 42.0 Å². The first kappa shape index (κ1) is 11.8. The molecule has 0 saturated carbocycles. The molecule has 0 unspecified atom stereocenters. The van der Waals surface area contributed by atoms with Crippen LogP contribution in [0.4, 0.5) is 11.4 Å². The number of nitrogens with zero attached hydrogens (tertiary/aromatic N) is 1. The molecular formula is C14H15ClN2. The molecule has 2 rings (SSSR count). The number of halogens is 1. The lowest BCUT2D eigenvalue weighted by molar-refractivity contribution is 0.923. The Labute approximate surface area is 107 Å². The molecule has 3 heteroatoms. The Balaban J connectivity index is 2.08. The predicted molar refractivity (Wildman–Crippen MR) is 74.4 cm³/mol. The van der Waals surface area contributed by atoms with Crippen LogP contribution in [0.25, 0.3) is 0 Å². The quantitative estimate of drug-likeness (QED) is 0.840. The van der Waals surface area contributed by atoms with Gasteiger partial charge >= 0.3 is 0 Å². The average molecular weight is 247 g/mol. The summed E-state index contributed by atoms with van der Waals surface area (Å²) in [6, 6.07) is 15.8. The largest absolute Gasteiger partial charge is 0.399 e. The van der Waals surface area contributed by atoms with E-state index >= 15 is 0 Å². The van der Waals surface area contributed by atoms with Crippen LogP contribution in [0.5, 0.6) is 0 Å². The van der Waals surface area contributed by atoms with E-state index in [4.69, 9.17) is 17.3 Å². The highest BCUT2D eigenvalue weighted by Gasteiger charge is 2.01. The van der Waals surface area contributed by atoms with Gasteiger partial charge in [0.2, 0.25) is 0 Å². The Kier molecular flexibility index (Phi) is 3.55. The van der Waals surface area contributed by atoms with E-state index in [-0.39, 0.29) is 0 Å². The first-order valence-corrected chi connectivity index (χ1v) is 5.84. The molecule has 0 aliphatic rings. The fraction of sp³-hybridized carbons (Fsp3) is 0.143. The molecule has 2 nitrogen and oxygen atoms in total. The second kappa shape index (κ2) is 5.11. The average Bonchev–Trinajstić information content (AvgIpc) is 2.33. The van der Waals surface area contributed by atoms with Gasteiger partial charge in [0, 0.05) is 30.0 Å². The summed E-state index contributed by atoms with van der Waals surface area (Å²) in [4.78, 5) is 2.17. The summed E-state index contributed by atoms with van der Waals surface area (Å²) in [7, 11) is 2.06. The number of nitrogens with two attached hydrogens (primary N) is 1. The lowest BCUT2D eigenvalue weighted by Gasteiger charge is -2.19. The van der Waals surface area contributed by atoms with Crippen LogP contribution in [0.3, 0.4) is 0 Å². The zero-order valence-electron chi connectivity index (χ0n) is 9.73. The van der Waals surface area contributed by atoms with Crippen LogP contribution in [0.1, 0.15) is 5.56 Å². The van der Waals surface area contributed by atoms with E-state index in [0.717, 1.165) is 22.9 Å². The first-order chi connectivity index (χ1) is 8.15. The van der Waals surface area contributed by atoms with E-state index in [0.29, 0.717) is 0 Å². The number of hydrogen-bond donors (Lipinski definition) is 1. The van der Waals surface area contributed by atoms with Crippen LogP contribution in [0.15, 0.2) is 48.5 Å². The molecule has 2 N–H and O–H groups in total. The molecule has 0 amide bonds. The summed E-state index contributed by atoms with van der Waals surface area (Å²) in [5, 5.41) is 0.767. The molecule has 0 spiro atoms. The highest BCUT2D eigenvalue weighted by Crippen LogP contribution is 2.18. The van der Waals surface area contributed by atoms with Crippen molar-refractivity contribution in [3.8, 4) is 0 Å². The molecule has 88 valence electrons. The predicted octanol–water partition coefficient (Wildman–Crippen LogP) is 3.56. The molecule has 2 aromatic carbocycles. The maximum Gasteiger partial charge on any atom is 0.0426 e. The molecular weight excluding hydrogens is 232 g/mol. The molecule has 0 atom stereocenters. The minimum atomic E-state index is 0.767. The maximum atomic E-state index is 5.86. The monoisotopic (exact) mass is 246 g/mol. The molecule has 2 aromatic rings. The first-order valence-electron chi connectivity index (χ1n) is 5.46. The van der Waals surface area contributed by atoms with E-state index in [1.807, 2.05) is 48.5 Å². The summed E-state index contributed by atoms with van der Waals surface area (Å²) in [5.41, 5.74) is 8.83. The number of anilines is 2. The highest BCUT2D eigenvalue weighted by molar-refractivity contribution is 6.30. The number of hydrogen-bond acceptors (Lipinski definition) is 2. The smallest absolute Gasteiger partial charge is 0.0426 e. The standard InChI is InChI=1S/C14H15ClN2/c1-17(14-8-6-13(16)7-9-14)10-11-2-4-12(15)5-3-11/h2-9H,10,16H2,1H3. The van der Waals surface area contributed by atoms with Gasteiger partial charge in [-0.1, -0.05) is 23.7 Å². The molecule has 17 heavy (non-hydrogen) atoms. The molecule has 0 bridgehead atoms. The van der Waals surface area contributed by atoms with Crippen molar-refractivity contribution in [2.24, 2.45) is 0 Å². The molecule has 0 saturated heterocycles. The van der Waals surface area contributed by atoms with Crippen molar-refractivity contribution in [3.05, 3.63) is 59.1 Å². The third-order valence-corrected chi connectivity index (χ3v) is 2.92. The summed E-state index contributed by atoms with van der Waals surface area (Å²) in [5.74, 6) is 0. The van der Waals surface area contributed by atoms with Crippen LogP contribution in [-0.4, -0.2) is 7.05 Å². The maximum absolute atomic E-state index is 5.86. The van der Waals surface area contributed by atoms with Gasteiger partial charge in [-0.3, -0.25) is 0 Å². The molecule has 0 heterocycles. The van der Waals surface area contributed by atoms with E-state index < -0.39 is 0 Å². The van der Waals surface area contributed by atoms with E-state index in [2.05, 4.69) is 11.9 Å². The van der Waals surface area contributed by atoms with Gasteiger partial charge in [-0.2, -0.15) is 0 Å². The van der Waals surface area contributed by atoms with Gasteiger partial charge < -0.3 is 10.6 Å². The Morgan fingerprint density at radius 2 is 1.59 bits per heavy atom. The third-order valence-electron chi connectivity index (χ3n) is 2.67. The number of benzene rings is 2. The van der Waals surface area contributed by atoms with Crippen LogP contribution in [-0.2, 0) is 6.54 Å². The Hall–Kier alpha value is -1.67. The van der Waals surface area contributed by atoms with Crippen molar-refractivity contribution >= 4 is 23.0 Å². The molecule has 0 aromatic heterocycles. The fourth-order valence-corrected chi connectivity index (χ4v) is 1.81. The number of nitrogen functional groups attached to an aromatic ring is 1. The molecule has 0 radical (unpaired) electrons. The second-order valence-corrected chi connectivity index (χ2v) is 4.51. The zero-order valence-corrected chi connectivity index (χ0v) is 10.5. The van der Waals surface area contributed by atoms with Gasteiger partial charge in [0.25, 0.3) is 0 Å². The SMILES string of the molecule is CN(Cc1ccc(Cl)cc1)c1ccc(N)cc1. The Bertz CT molecular complexity index is 477. The van der Waals surface area contributed by atoms with Crippen molar-refractivity contribution in [1.82, 2.24) is 0 Å². The molecule has 0 fully saturated rings. The normalized spacial score (nSPS) is 10.2. The van der Waals surface area contributed by atoms with Gasteiger partial charge in [0.05, 0.1) is 0 Å². The summed E-state index contributed by atoms with van der Waals surface area (Å²) in [6.45, 7) is 0.848. The summed E-state index contributed by atoms with van der Waals surface area (Å²) < 4.78 is 0. The van der Waals surface area contributed by atoms with Crippen LogP contribution in [0.2, 0.25) is 5.02 Å². The lowest BCUT2D eigenvalue weighted by Crippen LogP contribution is -2.16. The van der Waals surface area contributed by atoms with E-state index in [9.17, 15) is 0 Å². The summed E-state index contributed by atoms with van der Waals surface area (Å²) in [6.07, 6.45) is 0. The van der Waals surface area contributed by atoms with E-state index in [1.165, 1.54) is 5.56 Å². The van der Waals surface area contributed by atoms with Crippen molar-refractivity contribution in [3.63, 3.8) is 0 Å². The minimum Gasteiger partial charge on any atom is -0.399 e. The Morgan fingerprint density at radius 3 is 2.18 bits per heavy atom. The Morgan fingerprint density at radius 1 is 1.00 bits per heavy atom. The van der Waals surface area contributed by atoms with Gasteiger partial charge in [-0.25, -0.2) is 0 Å².